The second-order valence-electron chi connectivity index (χ2n) is 7.61. The van der Waals surface area contributed by atoms with E-state index in [1.54, 1.807) is 30.6 Å². The van der Waals surface area contributed by atoms with Gasteiger partial charge in [0.05, 0.1) is 5.39 Å². The number of benzene rings is 2. The molecule has 0 bridgehead atoms. The van der Waals surface area contributed by atoms with E-state index in [2.05, 4.69) is 51.5 Å². The number of aromatic nitrogens is 3. The number of nitrogens with zero attached hydrogens (tertiary/aromatic N) is 2. The van der Waals surface area contributed by atoms with Crippen molar-refractivity contribution in [2.45, 2.75) is 13.3 Å². The Kier molecular flexibility index (Phi) is 5.55. The van der Waals surface area contributed by atoms with Crippen LogP contribution in [0.2, 0.25) is 0 Å². The number of fused-ring (bicyclic) bond motifs is 1. The molecule has 3 aromatic heterocycles. The van der Waals surface area contributed by atoms with Crippen molar-refractivity contribution in [3.63, 3.8) is 0 Å². The molecule has 0 radical (unpaired) electrons. The maximum Gasteiger partial charge on any atom is 0.274 e. The molecule has 3 heterocycles. The fourth-order valence-corrected chi connectivity index (χ4v) is 3.58. The molecule has 0 aliphatic heterocycles. The first-order valence-corrected chi connectivity index (χ1v) is 10.8. The molecule has 0 aliphatic rings. The van der Waals surface area contributed by atoms with Crippen LogP contribution in [0, 0.1) is 0 Å². The highest BCUT2D eigenvalue weighted by Crippen LogP contribution is 2.29. The minimum atomic E-state index is -0.264. The predicted molar refractivity (Wildman–Crippen MR) is 130 cm³/mol. The molecule has 0 unspecified atom stereocenters. The molecule has 6 nitrogen and oxygen atoms in total. The summed E-state index contributed by atoms with van der Waals surface area (Å²) < 4.78 is 5.98. The maximum atomic E-state index is 12.6. The van der Waals surface area contributed by atoms with Gasteiger partial charge >= 0.3 is 0 Å². The lowest BCUT2D eigenvalue weighted by Crippen LogP contribution is -2.13. The normalized spacial score (nSPS) is 10.8. The topological polar surface area (TPSA) is 79.9 Å². The highest BCUT2D eigenvalue weighted by molar-refractivity contribution is 6.03. The second-order valence-corrected chi connectivity index (χ2v) is 7.61. The van der Waals surface area contributed by atoms with Crippen LogP contribution in [0.1, 0.15) is 23.0 Å². The van der Waals surface area contributed by atoms with E-state index in [1.165, 1.54) is 5.56 Å². The number of pyridine rings is 2. The van der Waals surface area contributed by atoms with Crippen LogP contribution in [-0.2, 0) is 6.42 Å². The summed E-state index contributed by atoms with van der Waals surface area (Å²) in [6.45, 7) is 2.13. The number of carbonyl (C=O) groups excluding carboxylic acids is 1. The van der Waals surface area contributed by atoms with Gasteiger partial charge in [0.1, 0.15) is 22.8 Å². The summed E-state index contributed by atoms with van der Waals surface area (Å²) in [6, 6.07) is 23.0. The Balaban J connectivity index is 1.24. The summed E-state index contributed by atoms with van der Waals surface area (Å²) in [5, 5.41) is 3.79. The number of hydrogen-bond acceptors (Lipinski definition) is 4. The van der Waals surface area contributed by atoms with Crippen molar-refractivity contribution in [2.75, 3.05) is 5.32 Å². The molecular weight excluding hydrogens is 412 g/mol. The number of ether oxygens (including phenoxy) is 1. The van der Waals surface area contributed by atoms with E-state index in [0.29, 0.717) is 22.9 Å². The molecule has 0 atom stereocenters. The number of aryl methyl sites for hydroxylation is 1. The van der Waals surface area contributed by atoms with E-state index in [0.717, 1.165) is 28.6 Å². The van der Waals surface area contributed by atoms with E-state index in [4.69, 9.17) is 4.74 Å². The molecule has 2 aromatic carbocycles. The number of hydrogen-bond donors (Lipinski definition) is 2. The Bertz CT molecular complexity index is 1390. The van der Waals surface area contributed by atoms with Crippen LogP contribution >= 0.6 is 0 Å². The van der Waals surface area contributed by atoms with Gasteiger partial charge in [0.25, 0.3) is 5.91 Å². The number of aromatic amines is 1. The zero-order valence-electron chi connectivity index (χ0n) is 18.1. The van der Waals surface area contributed by atoms with Crippen LogP contribution in [-0.4, -0.2) is 20.9 Å². The Morgan fingerprint density at radius 1 is 0.909 bits per heavy atom. The van der Waals surface area contributed by atoms with E-state index >= 15 is 0 Å². The lowest BCUT2D eigenvalue weighted by molar-refractivity contribution is 0.102. The first-order valence-electron chi connectivity index (χ1n) is 10.8. The smallest absolute Gasteiger partial charge is 0.274 e. The molecule has 0 spiro atoms. The molecular formula is C27H22N4O2. The second kappa shape index (κ2) is 8.96. The minimum absolute atomic E-state index is 0.264. The summed E-state index contributed by atoms with van der Waals surface area (Å²) >= 11 is 0. The van der Waals surface area contributed by atoms with E-state index in [1.807, 2.05) is 36.5 Å². The highest BCUT2D eigenvalue weighted by atomic mass is 16.5. The van der Waals surface area contributed by atoms with Gasteiger partial charge in [0, 0.05) is 29.8 Å². The number of rotatable bonds is 6. The zero-order valence-corrected chi connectivity index (χ0v) is 18.1. The summed E-state index contributed by atoms with van der Waals surface area (Å²) in [5.41, 5.74) is 5.13. The lowest BCUT2D eigenvalue weighted by Gasteiger charge is -2.09. The zero-order chi connectivity index (χ0) is 22.6. The van der Waals surface area contributed by atoms with Crippen LogP contribution in [0.5, 0.6) is 11.5 Å². The summed E-state index contributed by atoms with van der Waals surface area (Å²) in [4.78, 5) is 24.3. The average Bonchev–Trinajstić information content (AvgIpc) is 3.35. The molecule has 6 heteroatoms. The van der Waals surface area contributed by atoms with Crippen molar-refractivity contribution in [1.82, 2.24) is 15.0 Å². The van der Waals surface area contributed by atoms with Crippen molar-refractivity contribution < 1.29 is 9.53 Å². The number of carbonyl (C=O) groups is 1. The SMILES string of the molecule is CCc1ccc(-c2ccc(C(=O)Nc3ccc(Oc4ccnc5[nH]ccc45)cc3)nc2)cc1. The molecule has 5 rings (SSSR count). The van der Waals surface area contributed by atoms with Gasteiger partial charge in [-0.25, -0.2) is 4.98 Å². The Morgan fingerprint density at radius 2 is 1.70 bits per heavy atom. The van der Waals surface area contributed by atoms with E-state index < -0.39 is 0 Å². The third-order valence-corrected chi connectivity index (χ3v) is 5.45. The third kappa shape index (κ3) is 4.45. The largest absolute Gasteiger partial charge is 0.457 e. The quantitative estimate of drug-likeness (QED) is 0.332. The number of H-pyrrole nitrogens is 1. The van der Waals surface area contributed by atoms with Gasteiger partial charge in [-0.1, -0.05) is 37.3 Å². The van der Waals surface area contributed by atoms with Crippen LogP contribution in [0.15, 0.2) is 91.4 Å². The van der Waals surface area contributed by atoms with Crippen molar-refractivity contribution in [3.05, 3.63) is 103 Å². The van der Waals surface area contributed by atoms with Crippen molar-refractivity contribution in [3.8, 4) is 22.6 Å². The maximum absolute atomic E-state index is 12.6. The molecule has 0 saturated carbocycles. The Hall–Kier alpha value is -4.45. The fourth-order valence-electron chi connectivity index (χ4n) is 3.58. The van der Waals surface area contributed by atoms with Gasteiger partial charge in [-0.15, -0.1) is 0 Å². The van der Waals surface area contributed by atoms with Gasteiger partial charge in [-0.3, -0.25) is 9.78 Å². The highest BCUT2D eigenvalue weighted by Gasteiger charge is 2.10. The van der Waals surface area contributed by atoms with Gasteiger partial charge in [0.2, 0.25) is 0 Å². The molecule has 0 fully saturated rings. The average molecular weight is 434 g/mol. The van der Waals surface area contributed by atoms with E-state index in [-0.39, 0.29) is 5.91 Å². The lowest BCUT2D eigenvalue weighted by atomic mass is 10.0. The molecule has 162 valence electrons. The van der Waals surface area contributed by atoms with Crippen LogP contribution in [0.4, 0.5) is 5.69 Å². The van der Waals surface area contributed by atoms with Gasteiger partial charge < -0.3 is 15.0 Å². The van der Waals surface area contributed by atoms with Crippen LogP contribution in [0.3, 0.4) is 0 Å². The van der Waals surface area contributed by atoms with Gasteiger partial charge in [-0.2, -0.15) is 0 Å². The Morgan fingerprint density at radius 3 is 2.42 bits per heavy atom. The number of anilines is 1. The molecule has 2 N–H and O–H groups in total. The molecule has 0 aliphatic carbocycles. The standard InChI is InChI=1S/C27H22N4O2/c1-2-18-3-5-19(6-4-18)20-7-12-24(30-17-20)27(32)31-21-8-10-22(11-9-21)33-25-14-16-29-26-23(25)13-15-28-26/h3-17H,2H2,1H3,(H,28,29)(H,31,32). The van der Waals surface area contributed by atoms with Gasteiger partial charge in [-0.05, 0) is 60.0 Å². The predicted octanol–water partition coefficient (Wildman–Crippen LogP) is 6.23. The monoisotopic (exact) mass is 434 g/mol. The first kappa shape index (κ1) is 20.5. The fraction of sp³-hybridized carbons (Fsp3) is 0.0741. The van der Waals surface area contributed by atoms with Crippen LogP contribution < -0.4 is 10.1 Å². The molecule has 5 aromatic rings. The van der Waals surface area contributed by atoms with Crippen molar-refractivity contribution in [2.24, 2.45) is 0 Å². The number of amides is 1. The molecule has 33 heavy (non-hydrogen) atoms. The minimum Gasteiger partial charge on any atom is -0.457 e. The summed E-state index contributed by atoms with van der Waals surface area (Å²) in [7, 11) is 0. The Labute approximate surface area is 191 Å². The summed E-state index contributed by atoms with van der Waals surface area (Å²) in [5.74, 6) is 1.12. The summed E-state index contributed by atoms with van der Waals surface area (Å²) in [6.07, 6.45) is 6.25. The number of nitrogens with one attached hydrogen (secondary N) is 2. The van der Waals surface area contributed by atoms with Crippen molar-refractivity contribution >= 4 is 22.6 Å². The third-order valence-electron chi connectivity index (χ3n) is 5.45. The van der Waals surface area contributed by atoms with E-state index in [9.17, 15) is 4.79 Å². The molecule has 0 saturated heterocycles. The molecule has 1 amide bonds. The van der Waals surface area contributed by atoms with Gasteiger partial charge in [0.15, 0.2) is 0 Å². The first-order chi connectivity index (χ1) is 16.2. The van der Waals surface area contributed by atoms with Crippen LogP contribution in [0.25, 0.3) is 22.2 Å². The van der Waals surface area contributed by atoms with Crippen molar-refractivity contribution in [1.29, 1.82) is 0 Å².